The Morgan fingerprint density at radius 3 is 3.00 bits per heavy atom. The second-order valence-corrected chi connectivity index (χ2v) is 3.37. The van der Waals surface area contributed by atoms with Crippen LogP contribution in [0.25, 0.3) is 10.9 Å². The Labute approximate surface area is 78.7 Å². The average Bonchev–Trinajstić information content (AvgIpc) is 2.48. The molecule has 0 saturated heterocycles. The summed E-state index contributed by atoms with van der Waals surface area (Å²) in [5.41, 5.74) is 1.08. The van der Waals surface area contributed by atoms with Gasteiger partial charge in [-0.1, -0.05) is 6.07 Å². The number of methoxy groups -OCH3 is 1. The zero-order valence-electron chi connectivity index (χ0n) is 6.60. The molecule has 0 unspecified atom stereocenters. The highest BCUT2D eigenvalue weighted by molar-refractivity contribution is 9.10. The summed E-state index contributed by atoms with van der Waals surface area (Å²) >= 11 is 3.45. The minimum atomic E-state index is 0.889. The van der Waals surface area contributed by atoms with Crippen LogP contribution in [-0.2, 0) is 0 Å². The molecule has 0 fully saturated rings. The lowest BCUT2D eigenvalue weighted by atomic mass is 10.2. The number of nitrogens with one attached hydrogen (secondary N) is 1. The number of hydrogen-bond donors (Lipinski definition) is 1. The molecule has 0 bridgehead atoms. The number of H-pyrrole nitrogens is 1. The molecule has 1 N–H and O–H groups in total. The molecular weight excluding hydrogens is 218 g/mol. The van der Waals surface area contributed by atoms with Gasteiger partial charge in [-0.25, -0.2) is 0 Å². The van der Waals surface area contributed by atoms with E-state index in [2.05, 4.69) is 20.9 Å². The quantitative estimate of drug-likeness (QED) is 0.794. The molecule has 1 heterocycles. The number of ether oxygens (including phenoxy) is 1. The van der Waals surface area contributed by atoms with Crippen molar-refractivity contribution in [2.24, 2.45) is 0 Å². The van der Waals surface area contributed by atoms with Crippen molar-refractivity contribution in [3.05, 3.63) is 28.9 Å². The average molecular weight is 226 g/mol. The van der Waals surface area contributed by atoms with Gasteiger partial charge in [0, 0.05) is 10.7 Å². The third kappa shape index (κ3) is 1.01. The van der Waals surface area contributed by atoms with E-state index in [9.17, 15) is 0 Å². The number of benzene rings is 1. The smallest absolute Gasteiger partial charge is 0.129 e. The SMILES string of the molecule is COc1cccc2[nH]cc(Br)c12. The van der Waals surface area contributed by atoms with Crippen molar-refractivity contribution in [1.82, 2.24) is 4.98 Å². The van der Waals surface area contributed by atoms with Crippen molar-refractivity contribution in [1.29, 1.82) is 0 Å². The van der Waals surface area contributed by atoms with E-state index in [0.29, 0.717) is 0 Å². The van der Waals surface area contributed by atoms with Crippen molar-refractivity contribution in [2.75, 3.05) is 7.11 Å². The summed E-state index contributed by atoms with van der Waals surface area (Å²) in [6.07, 6.45) is 1.91. The minimum absolute atomic E-state index is 0.889. The second kappa shape index (κ2) is 2.83. The van der Waals surface area contributed by atoms with Gasteiger partial charge >= 0.3 is 0 Å². The largest absolute Gasteiger partial charge is 0.496 e. The van der Waals surface area contributed by atoms with Gasteiger partial charge in [0.15, 0.2) is 0 Å². The first-order chi connectivity index (χ1) is 5.83. The highest BCUT2D eigenvalue weighted by Crippen LogP contribution is 2.31. The molecular formula is C9H8BrNO. The number of hydrogen-bond acceptors (Lipinski definition) is 1. The molecule has 0 aliphatic heterocycles. The fourth-order valence-corrected chi connectivity index (χ4v) is 1.80. The van der Waals surface area contributed by atoms with E-state index < -0.39 is 0 Å². The van der Waals surface area contributed by atoms with Gasteiger partial charge in [0.05, 0.1) is 18.0 Å². The van der Waals surface area contributed by atoms with Gasteiger partial charge in [0.1, 0.15) is 5.75 Å². The molecule has 12 heavy (non-hydrogen) atoms. The van der Waals surface area contributed by atoms with Crippen LogP contribution in [0.2, 0.25) is 0 Å². The third-order valence-electron chi connectivity index (χ3n) is 1.84. The van der Waals surface area contributed by atoms with Crippen LogP contribution in [0.4, 0.5) is 0 Å². The van der Waals surface area contributed by atoms with Crippen LogP contribution in [0.15, 0.2) is 28.9 Å². The van der Waals surface area contributed by atoms with Crippen molar-refractivity contribution >= 4 is 26.8 Å². The summed E-state index contributed by atoms with van der Waals surface area (Å²) in [6.45, 7) is 0. The first kappa shape index (κ1) is 7.68. The molecule has 0 amide bonds. The predicted molar refractivity (Wildman–Crippen MR) is 52.6 cm³/mol. The predicted octanol–water partition coefficient (Wildman–Crippen LogP) is 2.94. The maximum atomic E-state index is 5.22. The number of rotatable bonds is 1. The maximum absolute atomic E-state index is 5.22. The number of aromatic nitrogens is 1. The number of halogens is 1. The highest BCUT2D eigenvalue weighted by Gasteiger charge is 2.05. The van der Waals surface area contributed by atoms with E-state index in [4.69, 9.17) is 4.74 Å². The summed E-state index contributed by atoms with van der Waals surface area (Å²) in [7, 11) is 1.67. The number of fused-ring (bicyclic) bond motifs is 1. The highest BCUT2D eigenvalue weighted by atomic mass is 79.9. The molecule has 1 aromatic heterocycles. The Balaban J connectivity index is 2.84. The van der Waals surface area contributed by atoms with Crippen LogP contribution in [0.3, 0.4) is 0 Å². The summed E-state index contributed by atoms with van der Waals surface area (Å²) in [5.74, 6) is 0.889. The standard InChI is InChI=1S/C9H8BrNO/c1-12-8-4-2-3-7-9(8)6(10)5-11-7/h2-5,11H,1H3. The van der Waals surface area contributed by atoms with E-state index in [1.807, 2.05) is 24.4 Å². The van der Waals surface area contributed by atoms with Crippen LogP contribution in [0, 0.1) is 0 Å². The molecule has 0 radical (unpaired) electrons. The van der Waals surface area contributed by atoms with E-state index in [1.165, 1.54) is 0 Å². The molecule has 0 atom stereocenters. The summed E-state index contributed by atoms with van der Waals surface area (Å²) in [5, 5.41) is 1.10. The van der Waals surface area contributed by atoms with Gasteiger partial charge in [-0.05, 0) is 28.1 Å². The van der Waals surface area contributed by atoms with Crippen molar-refractivity contribution in [3.8, 4) is 5.75 Å². The Hall–Kier alpha value is -0.960. The lowest BCUT2D eigenvalue weighted by molar-refractivity contribution is 0.419. The van der Waals surface area contributed by atoms with Gasteiger partial charge in [-0.15, -0.1) is 0 Å². The van der Waals surface area contributed by atoms with E-state index in [-0.39, 0.29) is 0 Å². The van der Waals surface area contributed by atoms with Crippen LogP contribution < -0.4 is 4.74 Å². The van der Waals surface area contributed by atoms with Crippen molar-refractivity contribution in [3.63, 3.8) is 0 Å². The lowest BCUT2D eigenvalue weighted by Gasteiger charge is -2.00. The van der Waals surface area contributed by atoms with E-state index in [1.54, 1.807) is 7.11 Å². The van der Waals surface area contributed by atoms with Crippen LogP contribution in [0.5, 0.6) is 5.75 Å². The summed E-state index contributed by atoms with van der Waals surface area (Å²) < 4.78 is 6.25. The molecule has 1 aromatic carbocycles. The summed E-state index contributed by atoms with van der Waals surface area (Å²) in [6, 6.07) is 5.92. The fourth-order valence-electron chi connectivity index (χ4n) is 1.28. The normalized spacial score (nSPS) is 10.5. The lowest BCUT2D eigenvalue weighted by Crippen LogP contribution is -1.82. The van der Waals surface area contributed by atoms with Gasteiger partial charge in [0.25, 0.3) is 0 Å². The zero-order chi connectivity index (χ0) is 8.55. The van der Waals surface area contributed by atoms with Crippen LogP contribution in [0.1, 0.15) is 0 Å². The zero-order valence-corrected chi connectivity index (χ0v) is 8.18. The topological polar surface area (TPSA) is 25.0 Å². The molecule has 2 aromatic rings. The second-order valence-electron chi connectivity index (χ2n) is 2.52. The molecule has 62 valence electrons. The molecule has 0 saturated carbocycles. The molecule has 0 aliphatic carbocycles. The summed E-state index contributed by atoms with van der Waals surface area (Å²) in [4.78, 5) is 3.14. The Kier molecular flexibility index (Phi) is 1.81. The van der Waals surface area contributed by atoms with Gasteiger partial charge in [-0.2, -0.15) is 0 Å². The van der Waals surface area contributed by atoms with Gasteiger partial charge < -0.3 is 9.72 Å². The molecule has 0 aliphatic rings. The maximum Gasteiger partial charge on any atom is 0.129 e. The Bertz CT molecular complexity index is 408. The van der Waals surface area contributed by atoms with E-state index in [0.717, 1.165) is 21.1 Å². The molecule has 2 nitrogen and oxygen atoms in total. The molecule has 2 rings (SSSR count). The van der Waals surface area contributed by atoms with Crippen molar-refractivity contribution in [2.45, 2.75) is 0 Å². The molecule has 3 heteroatoms. The fraction of sp³-hybridized carbons (Fsp3) is 0.111. The minimum Gasteiger partial charge on any atom is -0.496 e. The van der Waals surface area contributed by atoms with Gasteiger partial charge in [0.2, 0.25) is 0 Å². The van der Waals surface area contributed by atoms with Crippen molar-refractivity contribution < 1.29 is 4.74 Å². The monoisotopic (exact) mass is 225 g/mol. The van der Waals surface area contributed by atoms with Gasteiger partial charge in [-0.3, -0.25) is 0 Å². The third-order valence-corrected chi connectivity index (χ3v) is 2.46. The Morgan fingerprint density at radius 1 is 1.42 bits per heavy atom. The van der Waals surface area contributed by atoms with Crippen LogP contribution >= 0.6 is 15.9 Å². The number of aromatic amines is 1. The first-order valence-electron chi connectivity index (χ1n) is 3.62. The van der Waals surface area contributed by atoms with E-state index >= 15 is 0 Å². The Morgan fingerprint density at radius 2 is 2.25 bits per heavy atom. The molecule has 0 spiro atoms. The van der Waals surface area contributed by atoms with Crippen LogP contribution in [-0.4, -0.2) is 12.1 Å². The first-order valence-corrected chi connectivity index (χ1v) is 4.42.